The van der Waals surface area contributed by atoms with Crippen LogP contribution in [0.5, 0.6) is 0 Å². The molecule has 7 nitrogen and oxygen atoms in total. The Bertz CT molecular complexity index is 726. The van der Waals surface area contributed by atoms with Crippen LogP contribution < -0.4 is 0 Å². The van der Waals surface area contributed by atoms with Gasteiger partial charge in [0.1, 0.15) is 6.10 Å². The van der Waals surface area contributed by atoms with E-state index < -0.39 is 24.4 Å². The molecule has 0 radical (unpaired) electrons. The third kappa shape index (κ3) is 16.2. The molecular formula is C35H64O7. The van der Waals surface area contributed by atoms with Gasteiger partial charge in [0.2, 0.25) is 0 Å². The molecule has 2 heterocycles. The zero-order chi connectivity index (χ0) is 30.6. The summed E-state index contributed by atoms with van der Waals surface area (Å²) in [7, 11) is 0. The lowest BCUT2D eigenvalue weighted by atomic mass is 9.98. The van der Waals surface area contributed by atoms with Gasteiger partial charge in [-0.2, -0.15) is 0 Å². The van der Waals surface area contributed by atoms with Crippen molar-refractivity contribution in [3.8, 4) is 0 Å². The fraction of sp³-hybridized carbons (Fsp3) is 0.914. The van der Waals surface area contributed by atoms with Crippen LogP contribution in [0.3, 0.4) is 0 Å². The van der Waals surface area contributed by atoms with Gasteiger partial charge >= 0.3 is 5.97 Å². The van der Waals surface area contributed by atoms with Crippen LogP contribution in [-0.2, 0) is 14.3 Å². The lowest BCUT2D eigenvalue weighted by Gasteiger charge is -2.23. The monoisotopic (exact) mass is 596 g/mol. The van der Waals surface area contributed by atoms with Crippen molar-refractivity contribution in [3.63, 3.8) is 0 Å². The van der Waals surface area contributed by atoms with Crippen LogP contribution in [-0.4, -0.2) is 69.1 Å². The van der Waals surface area contributed by atoms with Gasteiger partial charge in [-0.15, -0.1) is 0 Å². The lowest BCUT2D eigenvalue weighted by molar-refractivity contribution is -0.139. The molecule has 4 N–H and O–H groups in total. The topological polar surface area (TPSA) is 116 Å². The van der Waals surface area contributed by atoms with E-state index in [1.807, 2.05) is 6.92 Å². The fourth-order valence-electron chi connectivity index (χ4n) is 6.43. The average molecular weight is 597 g/mol. The minimum absolute atomic E-state index is 0.182. The number of carbonyl (C=O) groups excluding carboxylic acids is 1. The Balaban J connectivity index is 1.41. The van der Waals surface area contributed by atoms with Crippen LogP contribution in [0.1, 0.15) is 162 Å². The van der Waals surface area contributed by atoms with Gasteiger partial charge < -0.3 is 29.9 Å². The van der Waals surface area contributed by atoms with Gasteiger partial charge in [0, 0.05) is 18.4 Å². The molecule has 42 heavy (non-hydrogen) atoms. The lowest BCUT2D eigenvalue weighted by Crippen LogP contribution is -2.33. The summed E-state index contributed by atoms with van der Waals surface area (Å²) in [6, 6.07) is 0. The number of esters is 1. The normalized spacial score (nSPS) is 23.5. The number of aliphatic hydroxyl groups is 4. The van der Waals surface area contributed by atoms with Crippen molar-refractivity contribution in [2.45, 2.75) is 204 Å². The molecule has 0 aromatic heterocycles. The molecule has 1 unspecified atom stereocenters. The Morgan fingerprint density at radius 1 is 0.690 bits per heavy atom. The first-order chi connectivity index (χ1) is 20.3. The van der Waals surface area contributed by atoms with Crippen LogP contribution in [0.25, 0.3) is 0 Å². The number of cyclic esters (lactones) is 1. The highest BCUT2D eigenvalue weighted by molar-refractivity contribution is 5.90. The van der Waals surface area contributed by atoms with Crippen molar-refractivity contribution in [1.29, 1.82) is 0 Å². The van der Waals surface area contributed by atoms with Crippen molar-refractivity contribution in [3.05, 3.63) is 11.6 Å². The quantitative estimate of drug-likeness (QED) is 0.0624. The molecule has 0 spiro atoms. The summed E-state index contributed by atoms with van der Waals surface area (Å²) in [4.78, 5) is 11.6. The summed E-state index contributed by atoms with van der Waals surface area (Å²) in [5, 5.41) is 41.8. The van der Waals surface area contributed by atoms with Crippen LogP contribution in [0.2, 0.25) is 0 Å². The second-order valence-electron chi connectivity index (χ2n) is 13.1. The number of aliphatic hydroxyl groups excluding tert-OH is 4. The maximum absolute atomic E-state index is 11.6. The number of rotatable bonds is 26. The third-order valence-electron chi connectivity index (χ3n) is 9.08. The highest BCUT2D eigenvalue weighted by Crippen LogP contribution is 2.28. The molecule has 1 saturated heterocycles. The Labute approximate surface area is 256 Å². The smallest absolute Gasteiger partial charge is 0.334 e. The predicted octanol–water partition coefficient (Wildman–Crippen LogP) is 7.06. The highest BCUT2D eigenvalue weighted by Gasteiger charge is 2.35. The van der Waals surface area contributed by atoms with Crippen molar-refractivity contribution < 1.29 is 34.7 Å². The molecule has 0 amide bonds. The zero-order valence-electron chi connectivity index (χ0n) is 26.9. The van der Waals surface area contributed by atoms with E-state index in [9.17, 15) is 25.2 Å². The van der Waals surface area contributed by atoms with Gasteiger partial charge in [-0.1, -0.05) is 110 Å². The van der Waals surface area contributed by atoms with Crippen LogP contribution in [0.15, 0.2) is 11.6 Å². The van der Waals surface area contributed by atoms with Gasteiger partial charge in [0.05, 0.1) is 36.6 Å². The summed E-state index contributed by atoms with van der Waals surface area (Å²) in [6.07, 6.45) is 22.2. The number of hydrogen-bond acceptors (Lipinski definition) is 7. The Hall–Kier alpha value is -0.990. The summed E-state index contributed by atoms with van der Waals surface area (Å²) in [5.41, 5.74) is 0.600. The van der Waals surface area contributed by atoms with Gasteiger partial charge in [-0.25, -0.2) is 4.79 Å². The largest absolute Gasteiger partial charge is 0.455 e. The maximum Gasteiger partial charge on any atom is 0.334 e. The summed E-state index contributed by atoms with van der Waals surface area (Å²) in [5.74, 6) is -0.295. The second kappa shape index (κ2) is 22.5. The van der Waals surface area contributed by atoms with Gasteiger partial charge in [0.15, 0.2) is 0 Å². The van der Waals surface area contributed by atoms with Gasteiger partial charge in [-0.05, 0) is 45.1 Å². The molecule has 7 atom stereocenters. The van der Waals surface area contributed by atoms with Gasteiger partial charge in [-0.3, -0.25) is 0 Å². The minimum atomic E-state index is -0.681. The molecule has 0 aromatic rings. The average Bonchev–Trinajstić information content (AvgIpc) is 3.57. The van der Waals surface area contributed by atoms with Crippen molar-refractivity contribution in [2.24, 2.45) is 0 Å². The first-order valence-corrected chi connectivity index (χ1v) is 17.6. The molecule has 0 saturated carbocycles. The maximum atomic E-state index is 11.6. The third-order valence-corrected chi connectivity index (χ3v) is 9.08. The molecule has 0 aromatic carbocycles. The van der Waals surface area contributed by atoms with Crippen molar-refractivity contribution in [1.82, 2.24) is 0 Å². The predicted molar refractivity (Wildman–Crippen MR) is 168 cm³/mol. The number of carbonyl (C=O) groups is 1. The van der Waals surface area contributed by atoms with E-state index >= 15 is 0 Å². The van der Waals surface area contributed by atoms with Gasteiger partial charge in [0.25, 0.3) is 0 Å². The molecule has 2 aliphatic rings. The van der Waals surface area contributed by atoms with E-state index in [0.717, 1.165) is 70.6 Å². The molecule has 246 valence electrons. The SMILES string of the molecule is CCCCCCCCCCC[C@H](O)[C@@H]1CC[C@@H]([C@@H](O)CC(O)CCCCCCCCC[C@H](O)CC2=C[C@H](C)OC2=O)O1. The fourth-order valence-corrected chi connectivity index (χ4v) is 6.43. The standard InChI is InChI=1S/C35H64O7/c1-3-4-5-6-7-8-12-15-18-21-31(38)33-22-23-34(42-33)32(39)26-30(37)20-17-14-11-9-10-13-16-19-29(36)25-28-24-27(2)41-35(28)40/h24,27,29-34,36-39H,3-23,25-26H2,1-2H3/t27-,29-,30?,31-,32-,33-,34-/m0/s1. The number of unbranched alkanes of at least 4 members (excludes halogenated alkanes) is 14. The molecule has 0 aliphatic carbocycles. The molecule has 0 bridgehead atoms. The van der Waals surface area contributed by atoms with E-state index in [4.69, 9.17) is 9.47 Å². The Kier molecular flexibility index (Phi) is 19.9. The van der Waals surface area contributed by atoms with Crippen LogP contribution in [0.4, 0.5) is 0 Å². The number of hydrogen-bond donors (Lipinski definition) is 4. The second-order valence-corrected chi connectivity index (χ2v) is 13.1. The first-order valence-electron chi connectivity index (χ1n) is 17.6. The summed E-state index contributed by atoms with van der Waals surface area (Å²) >= 11 is 0. The van der Waals surface area contributed by atoms with Crippen LogP contribution >= 0.6 is 0 Å². The molecule has 2 rings (SSSR count). The highest BCUT2D eigenvalue weighted by atomic mass is 16.5. The molecular weight excluding hydrogens is 532 g/mol. The molecule has 1 fully saturated rings. The van der Waals surface area contributed by atoms with E-state index in [-0.39, 0.29) is 24.3 Å². The van der Waals surface area contributed by atoms with E-state index in [0.29, 0.717) is 31.3 Å². The van der Waals surface area contributed by atoms with Crippen molar-refractivity contribution >= 4 is 5.97 Å². The van der Waals surface area contributed by atoms with Crippen LogP contribution in [0, 0.1) is 0 Å². The van der Waals surface area contributed by atoms with E-state index in [2.05, 4.69) is 6.92 Å². The zero-order valence-corrected chi connectivity index (χ0v) is 26.9. The minimum Gasteiger partial charge on any atom is -0.455 e. The molecule has 7 heteroatoms. The summed E-state index contributed by atoms with van der Waals surface area (Å²) in [6.45, 7) is 4.07. The molecule has 2 aliphatic heterocycles. The van der Waals surface area contributed by atoms with Crippen molar-refractivity contribution in [2.75, 3.05) is 0 Å². The Morgan fingerprint density at radius 3 is 1.69 bits per heavy atom. The van der Waals surface area contributed by atoms with E-state index in [1.54, 1.807) is 6.08 Å². The Morgan fingerprint density at radius 2 is 1.17 bits per heavy atom. The summed E-state index contributed by atoms with van der Waals surface area (Å²) < 4.78 is 11.1. The number of ether oxygens (including phenoxy) is 2. The van der Waals surface area contributed by atoms with E-state index in [1.165, 1.54) is 51.4 Å². The first kappa shape index (κ1) is 37.2.